The first-order chi connectivity index (χ1) is 31.0. The molecule has 17 heteroatoms. The number of hydrogen-bond donors (Lipinski definition) is 4. The molecule has 2 saturated heterocycles. The average Bonchev–Trinajstić information content (AvgIpc) is 4.09. The Hall–Kier alpha value is -4.41. The Bertz CT molecular complexity index is 2290. The van der Waals surface area contributed by atoms with E-state index in [1.54, 1.807) is 6.07 Å². The molecule has 3 heterocycles. The summed E-state index contributed by atoms with van der Waals surface area (Å²) in [6.45, 7) is 14.1. The highest BCUT2D eigenvalue weighted by Gasteiger charge is 2.19. The summed E-state index contributed by atoms with van der Waals surface area (Å²) in [7, 11) is 0. The first-order valence-corrected chi connectivity index (χ1v) is 24.8. The molecule has 66 heavy (non-hydrogen) atoms. The number of benzene rings is 4. The third kappa shape index (κ3) is 19.4. The number of Topliss-reactive ketones (excluding diaryl/α,β-unsaturated/α-hetero) is 1. The van der Waals surface area contributed by atoms with Gasteiger partial charge < -0.3 is 31.6 Å². The molecular weight excluding hydrogens is 972 g/mol. The number of likely N-dealkylation sites (tertiary alicyclic amines) is 2. The van der Waals surface area contributed by atoms with Crippen molar-refractivity contribution in [1.29, 1.82) is 0 Å². The Kier molecular flexibility index (Phi) is 25.5. The van der Waals surface area contributed by atoms with Gasteiger partial charge >= 0.3 is 0 Å². The van der Waals surface area contributed by atoms with E-state index in [4.69, 9.17) is 33.2 Å². The number of thiazole rings is 1. The number of ketones is 2. The summed E-state index contributed by atoms with van der Waals surface area (Å²) < 4.78 is 11.6. The second-order valence-corrected chi connectivity index (χ2v) is 18.4. The number of amidine groups is 1. The van der Waals surface area contributed by atoms with E-state index in [2.05, 4.69) is 46.3 Å². The van der Waals surface area contributed by atoms with E-state index in [0.717, 1.165) is 65.0 Å². The summed E-state index contributed by atoms with van der Waals surface area (Å²) in [6, 6.07) is 30.5. The van der Waals surface area contributed by atoms with E-state index in [1.807, 2.05) is 112 Å². The molecule has 0 radical (unpaired) electrons. The molecule has 0 bridgehead atoms. The van der Waals surface area contributed by atoms with Crippen LogP contribution in [0.4, 0.5) is 22.3 Å². The topological polar surface area (TPSA) is 160 Å². The van der Waals surface area contributed by atoms with Crippen LogP contribution in [-0.2, 0) is 0 Å². The normalized spacial score (nSPS) is 13.4. The van der Waals surface area contributed by atoms with Gasteiger partial charge in [-0.25, -0.2) is 4.98 Å². The van der Waals surface area contributed by atoms with Crippen molar-refractivity contribution in [2.24, 2.45) is 10.7 Å². The van der Waals surface area contributed by atoms with Gasteiger partial charge in [-0.3, -0.25) is 19.4 Å². The average molecular weight is 1040 g/mol. The second kappa shape index (κ2) is 30.1. The number of hydrogen-bond acceptors (Lipinski definition) is 12. The Morgan fingerprint density at radius 3 is 1.82 bits per heavy atom. The lowest BCUT2D eigenvalue weighted by Crippen LogP contribution is -2.25. The van der Waals surface area contributed by atoms with E-state index in [-0.39, 0.29) is 34.7 Å². The van der Waals surface area contributed by atoms with E-state index in [0.29, 0.717) is 37.8 Å². The Morgan fingerprint density at radius 2 is 1.32 bits per heavy atom. The number of carbonyl (C=O) groups excluding carboxylic acids is 2. The molecule has 0 spiro atoms. The maximum absolute atomic E-state index is 12.8. The number of alkyl halides is 1. The third-order valence-electron chi connectivity index (χ3n) is 10.1. The zero-order chi connectivity index (χ0) is 45.7. The minimum absolute atomic E-state index is 0. The quantitative estimate of drug-likeness (QED) is 0.0185. The van der Waals surface area contributed by atoms with Gasteiger partial charge in [0.2, 0.25) is 5.78 Å². The minimum Gasteiger partial charge on any atom is -0.492 e. The molecule has 1 atom stereocenters. The standard InChI is InChI=1S/C23H26N4O2S.C16H24N4OS2.C9H9BrO.CH4.H3P/c1-16-5-4-6-17(15-16)20(28)21-22(24)26-23(30-21)25-18-7-9-19(10-8-18)29-14-13-27-11-2-3-12-27;1-2-23-15(17)19-16(22)18-13-5-7-14(8-6-13)21-12-11-20-9-3-4-10-20;1-7-3-2-4-8(5-7)9(11)6-10;;/h4-10,15H,2-3,11-14,24H2,1H3,(H,25,26);5-8H,2-4,9-12H2,1H3,(H3,17,18,19,22);2-5H,6H2,1H3;1H4;1H3. The molecule has 2 aliphatic rings. The lowest BCUT2D eigenvalue weighted by atomic mass is 10.1. The number of aromatic nitrogens is 1. The van der Waals surface area contributed by atoms with Crippen LogP contribution in [0.25, 0.3) is 0 Å². The van der Waals surface area contributed by atoms with Crippen LogP contribution in [0.2, 0.25) is 0 Å². The van der Waals surface area contributed by atoms with Crippen LogP contribution in [0.5, 0.6) is 11.5 Å². The number of thioether (sulfide) groups is 1. The van der Waals surface area contributed by atoms with E-state index < -0.39 is 0 Å². The van der Waals surface area contributed by atoms with Crippen molar-refractivity contribution >= 4 is 105 Å². The van der Waals surface area contributed by atoms with Crippen LogP contribution in [-0.4, -0.2) is 100 Å². The van der Waals surface area contributed by atoms with Gasteiger partial charge in [-0.2, -0.15) is 14.9 Å². The van der Waals surface area contributed by atoms with Crippen LogP contribution in [0.1, 0.15) is 76.8 Å². The molecule has 0 amide bonds. The predicted octanol–water partition coefficient (Wildman–Crippen LogP) is 10.7. The van der Waals surface area contributed by atoms with Crippen molar-refractivity contribution in [2.45, 2.75) is 53.9 Å². The third-order valence-corrected chi connectivity index (χ3v) is 12.4. The number of nitrogens with two attached hydrogens (primary N) is 2. The molecule has 356 valence electrons. The van der Waals surface area contributed by atoms with Crippen molar-refractivity contribution in [3.05, 3.63) is 124 Å². The summed E-state index contributed by atoms with van der Waals surface area (Å²) >= 11 is 11.0. The summed E-state index contributed by atoms with van der Waals surface area (Å²) in [5, 5.41) is 8.10. The number of thiocarbonyl (C=S) groups is 1. The highest BCUT2D eigenvalue weighted by molar-refractivity contribution is 9.09. The maximum Gasteiger partial charge on any atom is 0.206 e. The number of halogens is 1. The Labute approximate surface area is 416 Å². The molecule has 1 aromatic heterocycles. The molecule has 0 saturated carbocycles. The second-order valence-electron chi connectivity index (χ2n) is 15.1. The van der Waals surface area contributed by atoms with Crippen molar-refractivity contribution in [1.82, 2.24) is 14.8 Å². The van der Waals surface area contributed by atoms with Crippen molar-refractivity contribution in [2.75, 3.05) is 79.9 Å². The summed E-state index contributed by atoms with van der Waals surface area (Å²) in [6.07, 6.45) is 5.20. The van der Waals surface area contributed by atoms with E-state index in [1.165, 1.54) is 75.0 Å². The number of rotatable bonds is 16. The fraction of sp³-hybridized carbons (Fsp3) is 0.367. The molecule has 6 N–H and O–H groups in total. The van der Waals surface area contributed by atoms with Gasteiger partial charge in [0.1, 0.15) is 35.4 Å². The highest BCUT2D eigenvalue weighted by atomic mass is 79.9. The fourth-order valence-electron chi connectivity index (χ4n) is 6.78. The van der Waals surface area contributed by atoms with Crippen molar-refractivity contribution in [3.8, 4) is 11.5 Å². The predicted molar refractivity (Wildman–Crippen MR) is 293 cm³/mol. The molecular formula is C49H66BrN8O4PS3. The molecule has 7 rings (SSSR count). The SMILES string of the molecule is C.CCSC(N)=NC(=S)Nc1ccc(OCCN2CCCC2)cc1.Cc1cccc(C(=O)CBr)c1.Cc1cccc(C(=O)c2sc(Nc3ccc(OCCN4CCCC4)cc3)nc2N)c1.P. The van der Waals surface area contributed by atoms with E-state index in [9.17, 15) is 9.59 Å². The number of nitrogens with one attached hydrogen (secondary N) is 2. The molecule has 12 nitrogen and oxygen atoms in total. The zero-order valence-corrected chi connectivity index (χ0v) is 43.0. The number of anilines is 4. The van der Waals surface area contributed by atoms with Gasteiger partial charge in [-0.15, -0.1) is 0 Å². The number of nitrogens with zero attached hydrogens (tertiary/aromatic N) is 4. The zero-order valence-electron chi connectivity index (χ0n) is 37.5. The lowest BCUT2D eigenvalue weighted by Gasteiger charge is -2.15. The maximum atomic E-state index is 12.8. The molecule has 0 aliphatic carbocycles. The van der Waals surface area contributed by atoms with Crippen molar-refractivity contribution < 1.29 is 19.1 Å². The minimum atomic E-state index is -0.108. The molecule has 4 aromatic carbocycles. The Balaban J connectivity index is 0.000000285. The fourth-order valence-corrected chi connectivity index (χ4v) is 8.70. The molecule has 5 aromatic rings. The lowest BCUT2D eigenvalue weighted by molar-refractivity contribution is 0.102. The van der Waals surface area contributed by atoms with Gasteiger partial charge in [0, 0.05) is 35.6 Å². The van der Waals surface area contributed by atoms with Gasteiger partial charge in [0.25, 0.3) is 0 Å². The summed E-state index contributed by atoms with van der Waals surface area (Å²) in [4.78, 5) is 37.6. The number of nitrogen functional groups attached to an aromatic ring is 1. The first kappa shape index (κ1) is 55.9. The molecule has 2 aliphatic heterocycles. The van der Waals surface area contributed by atoms with Crippen LogP contribution in [0, 0.1) is 13.8 Å². The largest absolute Gasteiger partial charge is 0.492 e. The molecule has 1 unspecified atom stereocenters. The van der Waals surface area contributed by atoms with Crippen LogP contribution in [0.15, 0.2) is 102 Å². The summed E-state index contributed by atoms with van der Waals surface area (Å²) in [5.41, 5.74) is 17.0. The van der Waals surface area contributed by atoms with Crippen LogP contribution >= 0.6 is 61.1 Å². The Morgan fingerprint density at radius 1 is 0.818 bits per heavy atom. The monoisotopic (exact) mass is 1040 g/mol. The van der Waals surface area contributed by atoms with Crippen LogP contribution < -0.4 is 31.6 Å². The van der Waals surface area contributed by atoms with E-state index >= 15 is 0 Å². The van der Waals surface area contributed by atoms with Crippen LogP contribution in [0.3, 0.4) is 0 Å². The van der Waals surface area contributed by atoms with Crippen molar-refractivity contribution in [3.63, 3.8) is 0 Å². The highest BCUT2D eigenvalue weighted by Crippen LogP contribution is 2.30. The first-order valence-electron chi connectivity index (χ1n) is 21.5. The van der Waals surface area contributed by atoms with Gasteiger partial charge in [-0.05, 0) is 144 Å². The van der Waals surface area contributed by atoms with Gasteiger partial charge in [-0.1, -0.05) is 101 Å². The number of ether oxygens (including phenoxy) is 2. The number of aryl methyl sites for hydroxylation is 2. The van der Waals surface area contributed by atoms with Gasteiger partial charge in [0.05, 0.1) is 5.33 Å². The molecule has 2 fully saturated rings. The smallest absolute Gasteiger partial charge is 0.206 e. The number of carbonyl (C=O) groups is 2. The summed E-state index contributed by atoms with van der Waals surface area (Å²) in [5.74, 6) is 2.86. The number of aliphatic imine (C=N–C) groups is 1. The van der Waals surface area contributed by atoms with Gasteiger partial charge in [0.15, 0.2) is 21.2 Å².